The number of hydrogen-bond donors (Lipinski definition) is 2. The van der Waals surface area contributed by atoms with Crippen molar-refractivity contribution in [1.82, 2.24) is 20.6 Å². The van der Waals surface area contributed by atoms with Gasteiger partial charge in [0.25, 0.3) is 5.91 Å². The van der Waals surface area contributed by atoms with Crippen LogP contribution in [0.5, 0.6) is 0 Å². The Bertz CT molecular complexity index is 653. The Labute approximate surface area is 128 Å². The fraction of sp³-hybridized carbons (Fsp3) is 0.312. The fourth-order valence-electron chi connectivity index (χ4n) is 2.46. The first kappa shape index (κ1) is 14.6. The second kappa shape index (κ2) is 6.62. The molecule has 1 fully saturated rings. The van der Waals surface area contributed by atoms with Gasteiger partial charge in [-0.1, -0.05) is 12.1 Å². The standard InChI is InChI=1S/C16H17FN4O/c17-13-3-1-2-11(8-13)15-19-9-12(10-20-15)16(22)21-14-4-6-18-7-5-14/h1-3,8-10,14,18H,4-7H2,(H,21,22). The predicted molar refractivity (Wildman–Crippen MR) is 80.8 cm³/mol. The van der Waals surface area contributed by atoms with Gasteiger partial charge in [-0.3, -0.25) is 4.79 Å². The lowest BCUT2D eigenvalue weighted by Gasteiger charge is -2.23. The molecule has 5 nitrogen and oxygen atoms in total. The summed E-state index contributed by atoms with van der Waals surface area (Å²) in [6, 6.07) is 6.25. The van der Waals surface area contributed by atoms with Crippen LogP contribution in [0.1, 0.15) is 23.2 Å². The summed E-state index contributed by atoms with van der Waals surface area (Å²) in [6.07, 6.45) is 4.80. The second-order valence-electron chi connectivity index (χ2n) is 5.30. The van der Waals surface area contributed by atoms with E-state index in [0.29, 0.717) is 17.0 Å². The van der Waals surface area contributed by atoms with Crippen molar-refractivity contribution in [3.05, 3.63) is 48.0 Å². The van der Waals surface area contributed by atoms with Crippen LogP contribution in [0.25, 0.3) is 11.4 Å². The van der Waals surface area contributed by atoms with Crippen molar-refractivity contribution >= 4 is 5.91 Å². The zero-order chi connectivity index (χ0) is 15.4. The number of piperidine rings is 1. The van der Waals surface area contributed by atoms with Gasteiger partial charge in [-0.05, 0) is 38.1 Å². The molecular formula is C16H17FN4O. The number of carbonyl (C=O) groups is 1. The Morgan fingerprint density at radius 3 is 2.64 bits per heavy atom. The number of hydrogen-bond acceptors (Lipinski definition) is 4. The average molecular weight is 300 g/mol. The Morgan fingerprint density at radius 1 is 1.23 bits per heavy atom. The van der Waals surface area contributed by atoms with Crippen LogP contribution in [-0.4, -0.2) is 35.0 Å². The first-order valence-corrected chi connectivity index (χ1v) is 7.32. The molecule has 2 N–H and O–H groups in total. The molecule has 22 heavy (non-hydrogen) atoms. The second-order valence-corrected chi connectivity index (χ2v) is 5.30. The number of benzene rings is 1. The quantitative estimate of drug-likeness (QED) is 0.906. The van der Waals surface area contributed by atoms with Crippen molar-refractivity contribution < 1.29 is 9.18 Å². The minimum Gasteiger partial charge on any atom is -0.349 e. The fourth-order valence-corrected chi connectivity index (χ4v) is 2.46. The lowest BCUT2D eigenvalue weighted by Crippen LogP contribution is -2.42. The SMILES string of the molecule is O=C(NC1CCNCC1)c1cnc(-c2cccc(F)c2)nc1. The van der Waals surface area contributed by atoms with E-state index in [0.717, 1.165) is 25.9 Å². The van der Waals surface area contributed by atoms with Crippen LogP contribution in [0.2, 0.25) is 0 Å². The smallest absolute Gasteiger partial charge is 0.254 e. The lowest BCUT2D eigenvalue weighted by molar-refractivity contribution is 0.0929. The molecule has 1 saturated heterocycles. The molecule has 6 heteroatoms. The minimum absolute atomic E-state index is 0.169. The lowest BCUT2D eigenvalue weighted by atomic mass is 10.1. The maximum Gasteiger partial charge on any atom is 0.254 e. The molecule has 1 aliphatic rings. The number of rotatable bonds is 3. The predicted octanol–water partition coefficient (Wildman–Crippen LogP) is 1.76. The van der Waals surface area contributed by atoms with Gasteiger partial charge in [-0.2, -0.15) is 0 Å². The summed E-state index contributed by atoms with van der Waals surface area (Å²) in [5, 5.41) is 6.24. The van der Waals surface area contributed by atoms with Gasteiger partial charge in [0.05, 0.1) is 5.56 Å². The van der Waals surface area contributed by atoms with Crippen LogP contribution in [0.4, 0.5) is 4.39 Å². The molecule has 1 aromatic heterocycles. The van der Waals surface area contributed by atoms with Crippen molar-refractivity contribution in [2.75, 3.05) is 13.1 Å². The first-order valence-electron chi connectivity index (χ1n) is 7.32. The van der Waals surface area contributed by atoms with Crippen LogP contribution >= 0.6 is 0 Å². The average Bonchev–Trinajstić information content (AvgIpc) is 2.56. The molecule has 114 valence electrons. The number of halogens is 1. The summed E-state index contributed by atoms with van der Waals surface area (Å²) in [6.45, 7) is 1.83. The monoisotopic (exact) mass is 300 g/mol. The van der Waals surface area contributed by atoms with E-state index in [1.54, 1.807) is 12.1 Å². The number of nitrogens with one attached hydrogen (secondary N) is 2. The van der Waals surface area contributed by atoms with E-state index in [4.69, 9.17) is 0 Å². The normalized spacial score (nSPS) is 15.5. The molecule has 0 radical (unpaired) electrons. The molecule has 1 amide bonds. The number of amides is 1. The summed E-state index contributed by atoms with van der Waals surface area (Å²) in [4.78, 5) is 20.4. The van der Waals surface area contributed by atoms with Crippen molar-refractivity contribution in [2.45, 2.75) is 18.9 Å². The van der Waals surface area contributed by atoms with Gasteiger partial charge in [0.15, 0.2) is 5.82 Å². The van der Waals surface area contributed by atoms with Crippen molar-refractivity contribution in [1.29, 1.82) is 0 Å². The van der Waals surface area contributed by atoms with Crippen LogP contribution in [0.15, 0.2) is 36.7 Å². The van der Waals surface area contributed by atoms with Crippen LogP contribution in [0, 0.1) is 5.82 Å². The summed E-state index contributed by atoms with van der Waals surface area (Å²) in [7, 11) is 0. The van der Waals surface area contributed by atoms with Crippen molar-refractivity contribution in [2.24, 2.45) is 0 Å². The molecular weight excluding hydrogens is 283 g/mol. The zero-order valence-corrected chi connectivity index (χ0v) is 12.1. The van der Waals surface area contributed by atoms with Crippen LogP contribution < -0.4 is 10.6 Å². The van der Waals surface area contributed by atoms with Gasteiger partial charge in [0.1, 0.15) is 5.82 Å². The molecule has 0 atom stereocenters. The Morgan fingerprint density at radius 2 is 1.95 bits per heavy atom. The third kappa shape index (κ3) is 3.46. The van der Waals surface area contributed by atoms with E-state index in [1.165, 1.54) is 24.5 Å². The molecule has 2 heterocycles. The van der Waals surface area contributed by atoms with E-state index in [9.17, 15) is 9.18 Å². The van der Waals surface area contributed by atoms with E-state index in [-0.39, 0.29) is 17.8 Å². The topological polar surface area (TPSA) is 66.9 Å². The molecule has 1 aromatic carbocycles. The van der Waals surface area contributed by atoms with Gasteiger partial charge in [0, 0.05) is 24.0 Å². The number of aromatic nitrogens is 2. The first-order chi connectivity index (χ1) is 10.7. The molecule has 0 spiro atoms. The Hall–Kier alpha value is -2.34. The Kier molecular flexibility index (Phi) is 4.39. The van der Waals surface area contributed by atoms with Gasteiger partial charge in [-0.25, -0.2) is 14.4 Å². The molecule has 0 bridgehead atoms. The van der Waals surface area contributed by atoms with Crippen molar-refractivity contribution in [3.63, 3.8) is 0 Å². The third-order valence-electron chi connectivity index (χ3n) is 3.67. The van der Waals surface area contributed by atoms with Crippen molar-refractivity contribution in [3.8, 4) is 11.4 Å². The largest absolute Gasteiger partial charge is 0.349 e. The summed E-state index contributed by atoms with van der Waals surface area (Å²) < 4.78 is 13.2. The number of carbonyl (C=O) groups excluding carboxylic acids is 1. The summed E-state index contributed by atoms with van der Waals surface area (Å²) >= 11 is 0. The molecule has 0 unspecified atom stereocenters. The highest BCUT2D eigenvalue weighted by Crippen LogP contribution is 2.15. The van der Waals surface area contributed by atoms with Gasteiger partial charge >= 0.3 is 0 Å². The molecule has 0 aliphatic carbocycles. The van der Waals surface area contributed by atoms with Gasteiger partial charge < -0.3 is 10.6 Å². The molecule has 3 rings (SSSR count). The van der Waals surface area contributed by atoms with E-state index >= 15 is 0 Å². The summed E-state index contributed by atoms with van der Waals surface area (Å²) in [5.41, 5.74) is 1.00. The molecule has 2 aromatic rings. The van der Waals surface area contributed by atoms with Crippen LogP contribution in [-0.2, 0) is 0 Å². The number of nitrogens with zero attached hydrogens (tertiary/aromatic N) is 2. The van der Waals surface area contributed by atoms with E-state index in [1.807, 2.05) is 0 Å². The van der Waals surface area contributed by atoms with Gasteiger partial charge in [0.2, 0.25) is 0 Å². The molecule has 1 aliphatic heterocycles. The summed E-state index contributed by atoms with van der Waals surface area (Å²) in [5.74, 6) is -0.107. The molecule has 0 saturated carbocycles. The zero-order valence-electron chi connectivity index (χ0n) is 12.1. The highest BCUT2D eigenvalue weighted by molar-refractivity contribution is 5.93. The van der Waals surface area contributed by atoms with E-state index < -0.39 is 0 Å². The Balaban J connectivity index is 1.69. The maximum atomic E-state index is 13.2. The van der Waals surface area contributed by atoms with E-state index in [2.05, 4.69) is 20.6 Å². The minimum atomic E-state index is -0.339. The maximum absolute atomic E-state index is 13.2. The van der Waals surface area contributed by atoms with Crippen LogP contribution in [0.3, 0.4) is 0 Å². The van der Waals surface area contributed by atoms with Gasteiger partial charge in [-0.15, -0.1) is 0 Å². The third-order valence-corrected chi connectivity index (χ3v) is 3.67. The highest BCUT2D eigenvalue weighted by atomic mass is 19.1. The highest BCUT2D eigenvalue weighted by Gasteiger charge is 2.17.